The molecule has 66 valence electrons. The quantitative estimate of drug-likeness (QED) is 0.694. The van der Waals surface area contributed by atoms with Crippen LogP contribution in [-0.2, 0) is 0 Å². The largest absolute Gasteiger partial charge is 0.357 e. The first-order chi connectivity index (χ1) is 6.22. The number of nitrogens with one attached hydrogen (secondary N) is 1. The Labute approximate surface area is 79.7 Å². The molecule has 0 saturated carbocycles. The lowest BCUT2D eigenvalue weighted by Crippen LogP contribution is -1.67. The molecule has 0 fully saturated rings. The molecule has 0 atom stereocenters. The zero-order valence-electron chi connectivity index (χ0n) is 6.97. The maximum absolute atomic E-state index is 10.5. The molecule has 0 spiro atoms. The molecule has 0 radical (unpaired) electrons. The van der Waals surface area contributed by atoms with E-state index in [9.17, 15) is 4.91 Å². The van der Waals surface area contributed by atoms with Gasteiger partial charge in [0, 0.05) is 21.6 Å². The highest BCUT2D eigenvalue weighted by Crippen LogP contribution is 2.31. The third kappa shape index (κ3) is 1.21. The SMILES string of the molecule is Cc1[nH]c2ccc(Cl)cc2c1N=O. The Morgan fingerprint density at radius 1 is 1.46 bits per heavy atom. The van der Waals surface area contributed by atoms with Crippen LogP contribution >= 0.6 is 11.6 Å². The molecule has 2 rings (SSSR count). The number of benzene rings is 1. The average Bonchev–Trinajstić information content (AvgIpc) is 2.40. The number of nitrogens with zero attached hydrogens (tertiary/aromatic N) is 1. The summed E-state index contributed by atoms with van der Waals surface area (Å²) in [6.07, 6.45) is 0. The summed E-state index contributed by atoms with van der Waals surface area (Å²) < 4.78 is 0. The Morgan fingerprint density at radius 2 is 2.23 bits per heavy atom. The van der Waals surface area contributed by atoms with Crippen molar-refractivity contribution in [3.63, 3.8) is 0 Å². The Morgan fingerprint density at radius 3 is 2.92 bits per heavy atom. The number of nitroso groups, excluding NO2 is 1. The normalized spacial score (nSPS) is 10.6. The van der Waals surface area contributed by atoms with Crippen molar-refractivity contribution in [1.29, 1.82) is 0 Å². The first-order valence-electron chi connectivity index (χ1n) is 3.83. The summed E-state index contributed by atoms with van der Waals surface area (Å²) in [5, 5.41) is 4.35. The molecular weight excluding hydrogens is 188 g/mol. The van der Waals surface area contributed by atoms with Crippen LogP contribution in [0.2, 0.25) is 5.02 Å². The zero-order chi connectivity index (χ0) is 9.42. The van der Waals surface area contributed by atoms with Crippen molar-refractivity contribution >= 4 is 28.2 Å². The molecule has 0 amide bonds. The van der Waals surface area contributed by atoms with E-state index in [2.05, 4.69) is 10.2 Å². The number of H-pyrrole nitrogens is 1. The second kappa shape index (κ2) is 2.85. The van der Waals surface area contributed by atoms with Gasteiger partial charge in [-0.05, 0) is 30.3 Å². The maximum Gasteiger partial charge on any atom is 0.136 e. The van der Waals surface area contributed by atoms with E-state index in [-0.39, 0.29) is 0 Å². The lowest BCUT2D eigenvalue weighted by Gasteiger charge is -1.90. The van der Waals surface area contributed by atoms with Gasteiger partial charge in [0.05, 0.1) is 0 Å². The van der Waals surface area contributed by atoms with Gasteiger partial charge in [-0.15, -0.1) is 4.91 Å². The number of halogens is 1. The van der Waals surface area contributed by atoms with Crippen molar-refractivity contribution in [1.82, 2.24) is 4.98 Å². The standard InChI is InChI=1S/C9H7ClN2O/c1-5-9(12-13)7-4-6(10)2-3-8(7)11-5/h2-4,11H,1H3. The van der Waals surface area contributed by atoms with E-state index in [1.807, 2.05) is 13.0 Å². The number of fused-ring (bicyclic) bond motifs is 1. The molecule has 0 aliphatic carbocycles. The first-order valence-corrected chi connectivity index (χ1v) is 4.21. The van der Waals surface area contributed by atoms with Gasteiger partial charge in [0.2, 0.25) is 0 Å². The van der Waals surface area contributed by atoms with Gasteiger partial charge in [-0.2, -0.15) is 0 Å². The van der Waals surface area contributed by atoms with Gasteiger partial charge in [-0.25, -0.2) is 0 Å². The highest BCUT2D eigenvalue weighted by molar-refractivity contribution is 6.31. The third-order valence-electron chi connectivity index (χ3n) is 2.01. The van der Waals surface area contributed by atoms with E-state index < -0.39 is 0 Å². The van der Waals surface area contributed by atoms with Crippen molar-refractivity contribution in [2.24, 2.45) is 5.18 Å². The van der Waals surface area contributed by atoms with Crippen LogP contribution in [-0.4, -0.2) is 4.98 Å². The minimum Gasteiger partial charge on any atom is -0.357 e. The molecule has 1 aromatic carbocycles. The van der Waals surface area contributed by atoms with Gasteiger partial charge in [0.1, 0.15) is 5.69 Å². The summed E-state index contributed by atoms with van der Waals surface area (Å²) in [5.41, 5.74) is 2.10. The summed E-state index contributed by atoms with van der Waals surface area (Å²) in [7, 11) is 0. The fourth-order valence-corrected chi connectivity index (χ4v) is 1.57. The maximum atomic E-state index is 10.5. The summed E-state index contributed by atoms with van der Waals surface area (Å²) in [6, 6.07) is 5.34. The molecule has 0 saturated heterocycles. The van der Waals surface area contributed by atoms with Crippen LogP contribution < -0.4 is 0 Å². The molecule has 0 bridgehead atoms. The third-order valence-corrected chi connectivity index (χ3v) is 2.24. The highest BCUT2D eigenvalue weighted by atomic mass is 35.5. The van der Waals surface area contributed by atoms with Crippen LogP contribution in [0.4, 0.5) is 5.69 Å². The molecule has 2 aromatic rings. The van der Waals surface area contributed by atoms with Crippen molar-refractivity contribution in [3.05, 3.63) is 33.8 Å². The van der Waals surface area contributed by atoms with E-state index in [0.717, 1.165) is 16.6 Å². The minimum atomic E-state index is 0.442. The van der Waals surface area contributed by atoms with Crippen LogP contribution in [0.15, 0.2) is 23.4 Å². The summed E-state index contributed by atoms with van der Waals surface area (Å²) in [4.78, 5) is 13.6. The van der Waals surface area contributed by atoms with Gasteiger partial charge in [0.25, 0.3) is 0 Å². The first kappa shape index (κ1) is 8.26. The van der Waals surface area contributed by atoms with Crippen molar-refractivity contribution < 1.29 is 0 Å². The Bertz CT molecular complexity index is 476. The molecule has 1 aromatic heterocycles. The molecule has 4 heteroatoms. The Kier molecular flexibility index (Phi) is 1.81. The Hall–Kier alpha value is -1.35. The zero-order valence-corrected chi connectivity index (χ0v) is 7.72. The van der Waals surface area contributed by atoms with Crippen LogP contribution in [0.1, 0.15) is 5.69 Å². The molecule has 13 heavy (non-hydrogen) atoms. The number of rotatable bonds is 1. The molecule has 3 nitrogen and oxygen atoms in total. The van der Waals surface area contributed by atoms with Gasteiger partial charge in [-0.1, -0.05) is 11.6 Å². The molecule has 0 unspecified atom stereocenters. The molecule has 0 aliphatic rings. The second-order valence-corrected chi connectivity index (χ2v) is 3.32. The van der Waals surface area contributed by atoms with Crippen molar-refractivity contribution in [3.8, 4) is 0 Å². The average molecular weight is 195 g/mol. The summed E-state index contributed by atoms with van der Waals surface area (Å²) in [6.45, 7) is 1.81. The van der Waals surface area contributed by atoms with Gasteiger partial charge in [-0.3, -0.25) is 0 Å². The number of aryl methyl sites for hydroxylation is 1. The van der Waals surface area contributed by atoms with E-state index >= 15 is 0 Å². The lowest BCUT2D eigenvalue weighted by molar-refractivity contribution is 1.28. The fourth-order valence-electron chi connectivity index (χ4n) is 1.40. The molecular formula is C9H7ClN2O. The number of aromatic amines is 1. The van der Waals surface area contributed by atoms with Gasteiger partial charge in [0.15, 0.2) is 0 Å². The van der Waals surface area contributed by atoms with Crippen LogP contribution in [0.3, 0.4) is 0 Å². The fraction of sp³-hybridized carbons (Fsp3) is 0.111. The number of aromatic nitrogens is 1. The van der Waals surface area contributed by atoms with Crippen LogP contribution in [0.5, 0.6) is 0 Å². The van der Waals surface area contributed by atoms with Crippen molar-refractivity contribution in [2.45, 2.75) is 6.92 Å². The monoisotopic (exact) mass is 194 g/mol. The molecule has 1 heterocycles. The predicted molar refractivity (Wildman–Crippen MR) is 53.5 cm³/mol. The van der Waals surface area contributed by atoms with E-state index in [1.165, 1.54) is 0 Å². The molecule has 0 aliphatic heterocycles. The van der Waals surface area contributed by atoms with Gasteiger partial charge >= 0.3 is 0 Å². The summed E-state index contributed by atoms with van der Waals surface area (Å²) >= 11 is 5.80. The summed E-state index contributed by atoms with van der Waals surface area (Å²) in [5.74, 6) is 0. The minimum absolute atomic E-state index is 0.442. The van der Waals surface area contributed by atoms with Crippen LogP contribution in [0, 0.1) is 11.8 Å². The smallest absolute Gasteiger partial charge is 0.136 e. The predicted octanol–water partition coefficient (Wildman–Crippen LogP) is 3.53. The van der Waals surface area contributed by atoms with E-state index in [4.69, 9.17) is 11.6 Å². The molecule has 1 N–H and O–H groups in total. The topological polar surface area (TPSA) is 45.2 Å². The number of hydrogen-bond acceptors (Lipinski definition) is 2. The highest BCUT2D eigenvalue weighted by Gasteiger charge is 2.08. The second-order valence-electron chi connectivity index (χ2n) is 2.88. The van der Waals surface area contributed by atoms with Gasteiger partial charge < -0.3 is 4.98 Å². The Balaban J connectivity index is 2.88. The van der Waals surface area contributed by atoms with Crippen LogP contribution in [0.25, 0.3) is 10.9 Å². The number of hydrogen-bond donors (Lipinski definition) is 1. The van der Waals surface area contributed by atoms with E-state index in [0.29, 0.717) is 10.7 Å². The lowest BCUT2D eigenvalue weighted by atomic mass is 10.2. The van der Waals surface area contributed by atoms with E-state index in [1.54, 1.807) is 12.1 Å². The van der Waals surface area contributed by atoms with Crippen molar-refractivity contribution in [2.75, 3.05) is 0 Å².